The third kappa shape index (κ3) is 1.47. The summed E-state index contributed by atoms with van der Waals surface area (Å²) in [6, 6.07) is 0.534. The van der Waals surface area contributed by atoms with Crippen molar-refractivity contribution in [3.8, 4) is 0 Å². The van der Waals surface area contributed by atoms with Crippen LogP contribution in [0.3, 0.4) is 0 Å². The quantitative estimate of drug-likeness (QED) is 0.779. The number of aromatic nitrogens is 2. The average Bonchev–Trinajstić information content (AvgIpc) is 3.24. The number of amides is 1. The number of fused-ring (bicyclic) bond motifs is 2. The normalized spacial score (nSPS) is 29.9. The molecule has 2 saturated heterocycles. The average molecular weight is 245 g/mol. The molecule has 2 atom stereocenters. The van der Waals surface area contributed by atoms with E-state index in [1.54, 1.807) is 12.5 Å². The highest BCUT2D eigenvalue weighted by Crippen LogP contribution is 2.41. The minimum absolute atomic E-state index is 0.0991. The largest absolute Gasteiger partial charge is 0.377 e. The Kier molecular flexibility index (Phi) is 2.17. The maximum absolute atomic E-state index is 12.6. The summed E-state index contributed by atoms with van der Waals surface area (Å²) in [4.78, 5) is 22.9. The summed E-state index contributed by atoms with van der Waals surface area (Å²) in [7, 11) is 0. The summed E-state index contributed by atoms with van der Waals surface area (Å²) in [6.07, 6.45) is 6.60. The molecule has 1 aromatic rings. The van der Waals surface area contributed by atoms with Gasteiger partial charge < -0.3 is 9.64 Å². The lowest BCUT2D eigenvalue weighted by molar-refractivity contribution is -0.104. The topological polar surface area (TPSA) is 55.3 Å². The second kappa shape index (κ2) is 3.75. The molecule has 3 heterocycles. The molecule has 0 spiro atoms. The summed E-state index contributed by atoms with van der Waals surface area (Å²) in [5.74, 6) is 0.575. The number of carbonyl (C=O) groups is 1. The summed E-state index contributed by atoms with van der Waals surface area (Å²) in [5, 5.41) is 0. The van der Waals surface area contributed by atoms with Gasteiger partial charge in [-0.25, -0.2) is 9.97 Å². The van der Waals surface area contributed by atoms with Crippen LogP contribution in [0.2, 0.25) is 0 Å². The number of carbonyl (C=O) groups excluding carboxylic acids is 1. The van der Waals surface area contributed by atoms with E-state index in [9.17, 15) is 4.79 Å². The lowest BCUT2D eigenvalue weighted by Gasteiger charge is -2.52. The van der Waals surface area contributed by atoms with Gasteiger partial charge in [0.1, 0.15) is 6.33 Å². The predicted octanol–water partition coefficient (Wildman–Crippen LogP) is 0.967. The summed E-state index contributed by atoms with van der Waals surface area (Å²) >= 11 is 0. The Balaban J connectivity index is 1.65. The molecular formula is C13H15N3O2. The first kappa shape index (κ1) is 10.4. The highest BCUT2D eigenvalue weighted by Gasteiger charge is 2.46. The predicted molar refractivity (Wildman–Crippen MR) is 63.2 cm³/mol. The molecule has 5 nitrogen and oxygen atoms in total. The van der Waals surface area contributed by atoms with Crippen LogP contribution < -0.4 is 0 Å². The molecule has 5 heteroatoms. The molecule has 3 aliphatic rings. The van der Waals surface area contributed by atoms with Crippen molar-refractivity contribution in [3.63, 3.8) is 0 Å². The summed E-state index contributed by atoms with van der Waals surface area (Å²) < 4.78 is 5.41. The Morgan fingerprint density at radius 2 is 2.11 bits per heavy atom. The molecule has 1 aliphatic carbocycles. The minimum Gasteiger partial charge on any atom is -0.377 e. The first-order chi connectivity index (χ1) is 8.84. The monoisotopic (exact) mass is 245 g/mol. The van der Waals surface area contributed by atoms with Crippen molar-refractivity contribution >= 4 is 5.91 Å². The van der Waals surface area contributed by atoms with Gasteiger partial charge in [-0.1, -0.05) is 0 Å². The second-order valence-electron chi connectivity index (χ2n) is 5.39. The van der Waals surface area contributed by atoms with E-state index in [0.717, 1.165) is 25.0 Å². The van der Waals surface area contributed by atoms with Gasteiger partial charge in [0.25, 0.3) is 5.91 Å². The van der Waals surface area contributed by atoms with Crippen LogP contribution in [-0.4, -0.2) is 46.1 Å². The Labute approximate surface area is 105 Å². The molecule has 18 heavy (non-hydrogen) atoms. The van der Waals surface area contributed by atoms with Gasteiger partial charge in [-0.05, 0) is 19.3 Å². The highest BCUT2D eigenvalue weighted by molar-refractivity contribution is 5.96. The zero-order chi connectivity index (χ0) is 12.1. The van der Waals surface area contributed by atoms with Crippen LogP contribution >= 0.6 is 0 Å². The van der Waals surface area contributed by atoms with E-state index in [1.165, 1.54) is 0 Å². The molecular weight excluding hydrogens is 230 g/mol. The van der Waals surface area contributed by atoms with Crippen LogP contribution in [0.5, 0.6) is 0 Å². The SMILES string of the molecule is O=C(c1cncnc1C1CC1)N1C2COCC1C2. The molecule has 2 bridgehead atoms. The van der Waals surface area contributed by atoms with Crippen LogP contribution in [-0.2, 0) is 4.74 Å². The Hall–Kier alpha value is -1.49. The lowest BCUT2D eigenvalue weighted by Crippen LogP contribution is -2.65. The first-order valence-electron chi connectivity index (χ1n) is 6.55. The van der Waals surface area contributed by atoms with Gasteiger partial charge >= 0.3 is 0 Å². The molecule has 2 aliphatic heterocycles. The van der Waals surface area contributed by atoms with Gasteiger partial charge in [-0.2, -0.15) is 0 Å². The van der Waals surface area contributed by atoms with Crippen LogP contribution in [0, 0.1) is 0 Å². The number of ether oxygens (including phenoxy) is 1. The van der Waals surface area contributed by atoms with E-state index in [-0.39, 0.29) is 18.0 Å². The van der Waals surface area contributed by atoms with Crippen molar-refractivity contribution < 1.29 is 9.53 Å². The fraction of sp³-hybridized carbons (Fsp3) is 0.615. The van der Waals surface area contributed by atoms with Crippen molar-refractivity contribution in [1.82, 2.24) is 14.9 Å². The molecule has 1 amide bonds. The van der Waals surface area contributed by atoms with Gasteiger partial charge in [0.15, 0.2) is 0 Å². The highest BCUT2D eigenvalue weighted by atomic mass is 16.5. The number of morpholine rings is 1. The number of rotatable bonds is 2. The van der Waals surface area contributed by atoms with Crippen molar-refractivity contribution in [2.75, 3.05) is 13.2 Å². The Bertz CT molecular complexity index is 487. The van der Waals surface area contributed by atoms with E-state index in [4.69, 9.17) is 4.74 Å². The fourth-order valence-corrected chi connectivity index (χ4v) is 2.99. The lowest BCUT2D eigenvalue weighted by atomic mass is 9.90. The maximum atomic E-state index is 12.6. The molecule has 0 aromatic carbocycles. The van der Waals surface area contributed by atoms with E-state index >= 15 is 0 Å². The van der Waals surface area contributed by atoms with E-state index in [2.05, 4.69) is 9.97 Å². The number of hydrogen-bond donors (Lipinski definition) is 0. The van der Waals surface area contributed by atoms with Crippen LogP contribution in [0.4, 0.5) is 0 Å². The Morgan fingerprint density at radius 1 is 1.33 bits per heavy atom. The second-order valence-corrected chi connectivity index (χ2v) is 5.39. The van der Waals surface area contributed by atoms with Crippen LogP contribution in [0.1, 0.15) is 41.2 Å². The maximum Gasteiger partial charge on any atom is 0.257 e. The molecule has 94 valence electrons. The third-order valence-electron chi connectivity index (χ3n) is 4.12. The van der Waals surface area contributed by atoms with Crippen molar-refractivity contribution in [2.24, 2.45) is 0 Å². The van der Waals surface area contributed by atoms with Crippen molar-refractivity contribution in [2.45, 2.75) is 37.3 Å². The summed E-state index contributed by atoms with van der Waals surface area (Å²) in [5.41, 5.74) is 1.65. The van der Waals surface area contributed by atoms with Gasteiger partial charge in [0, 0.05) is 12.1 Å². The van der Waals surface area contributed by atoms with Gasteiger partial charge in [-0.3, -0.25) is 4.79 Å². The molecule has 1 saturated carbocycles. The Morgan fingerprint density at radius 3 is 2.78 bits per heavy atom. The van der Waals surface area contributed by atoms with Gasteiger partial charge in [0.05, 0.1) is 36.6 Å². The third-order valence-corrected chi connectivity index (χ3v) is 4.12. The van der Waals surface area contributed by atoms with Gasteiger partial charge in [0.2, 0.25) is 0 Å². The zero-order valence-electron chi connectivity index (χ0n) is 10.1. The standard InChI is InChI=1S/C13H15N3O2/c17-13(16-9-3-10(16)6-18-5-9)11-4-14-7-15-12(11)8-1-2-8/h4,7-10H,1-3,5-6H2. The molecule has 0 radical (unpaired) electrons. The number of hydrogen-bond acceptors (Lipinski definition) is 4. The fourth-order valence-electron chi connectivity index (χ4n) is 2.99. The van der Waals surface area contributed by atoms with E-state index < -0.39 is 0 Å². The molecule has 4 rings (SSSR count). The molecule has 2 unspecified atom stereocenters. The minimum atomic E-state index is 0.0991. The molecule has 3 fully saturated rings. The van der Waals surface area contributed by atoms with E-state index in [0.29, 0.717) is 24.7 Å². The van der Waals surface area contributed by atoms with Crippen LogP contribution in [0.15, 0.2) is 12.5 Å². The molecule has 1 aromatic heterocycles. The van der Waals surface area contributed by atoms with E-state index in [1.807, 2.05) is 4.90 Å². The first-order valence-corrected chi connectivity index (χ1v) is 6.55. The van der Waals surface area contributed by atoms with Gasteiger partial charge in [-0.15, -0.1) is 0 Å². The smallest absolute Gasteiger partial charge is 0.257 e. The number of nitrogens with zero attached hydrogens (tertiary/aromatic N) is 3. The zero-order valence-corrected chi connectivity index (χ0v) is 10.1. The molecule has 0 N–H and O–H groups in total. The van der Waals surface area contributed by atoms with Crippen molar-refractivity contribution in [1.29, 1.82) is 0 Å². The van der Waals surface area contributed by atoms with Crippen LogP contribution in [0.25, 0.3) is 0 Å². The van der Waals surface area contributed by atoms with Crippen molar-refractivity contribution in [3.05, 3.63) is 23.8 Å². The summed E-state index contributed by atoms with van der Waals surface area (Å²) in [6.45, 7) is 1.35.